The van der Waals surface area contributed by atoms with E-state index < -0.39 is 17.9 Å². The third-order valence-corrected chi connectivity index (χ3v) is 7.83. The zero-order chi connectivity index (χ0) is 23.6. The molecule has 174 valence electrons. The van der Waals surface area contributed by atoms with Crippen molar-refractivity contribution in [2.45, 2.75) is 44.9 Å². The Hall–Kier alpha value is -3.25. The van der Waals surface area contributed by atoms with Crippen molar-refractivity contribution >= 4 is 28.9 Å². The van der Waals surface area contributed by atoms with Gasteiger partial charge in [-0.05, 0) is 44.4 Å². The number of nitrogens with zero attached hydrogens (tertiary/aromatic N) is 2. The van der Waals surface area contributed by atoms with E-state index >= 15 is 0 Å². The Morgan fingerprint density at radius 3 is 2.53 bits per heavy atom. The van der Waals surface area contributed by atoms with Crippen molar-refractivity contribution in [3.05, 3.63) is 71.3 Å². The molecule has 4 aliphatic heterocycles. The SMILES string of the molecule is CC1=C[C@H]2[C@H]3C(=O)N(C[C@@H]4CCCO4)C(=O)[C@@H]3[C@@H](C(=O)c3ccccc3)N2c2ccc(C)cc21. The molecule has 0 N–H and O–H groups in total. The van der Waals surface area contributed by atoms with Gasteiger partial charge in [-0.1, -0.05) is 48.0 Å². The zero-order valence-electron chi connectivity index (χ0n) is 19.4. The maximum atomic E-state index is 13.9. The first-order valence-corrected chi connectivity index (χ1v) is 12.1. The predicted molar refractivity (Wildman–Crippen MR) is 128 cm³/mol. The molecule has 5 atom stereocenters. The minimum atomic E-state index is -0.728. The number of carbonyl (C=O) groups excluding carboxylic acids is 3. The molecule has 6 heteroatoms. The number of allylic oxidation sites excluding steroid dienone is 1. The minimum absolute atomic E-state index is 0.113. The number of benzene rings is 2. The van der Waals surface area contributed by atoms with Crippen molar-refractivity contribution < 1.29 is 19.1 Å². The van der Waals surface area contributed by atoms with E-state index in [9.17, 15) is 14.4 Å². The van der Waals surface area contributed by atoms with Gasteiger partial charge in [0.2, 0.25) is 11.8 Å². The lowest BCUT2D eigenvalue weighted by molar-refractivity contribution is -0.142. The zero-order valence-corrected chi connectivity index (χ0v) is 19.4. The smallest absolute Gasteiger partial charge is 0.235 e. The summed E-state index contributed by atoms with van der Waals surface area (Å²) in [6, 6.07) is 14.2. The highest BCUT2D eigenvalue weighted by Crippen LogP contribution is 2.50. The van der Waals surface area contributed by atoms with Crippen molar-refractivity contribution in [3.63, 3.8) is 0 Å². The van der Waals surface area contributed by atoms with Crippen LogP contribution in [0.2, 0.25) is 0 Å². The van der Waals surface area contributed by atoms with Gasteiger partial charge in [0.05, 0.1) is 30.5 Å². The van der Waals surface area contributed by atoms with Crippen molar-refractivity contribution in [2.75, 3.05) is 18.1 Å². The number of hydrogen-bond acceptors (Lipinski definition) is 5. The first kappa shape index (κ1) is 21.3. The summed E-state index contributed by atoms with van der Waals surface area (Å²) in [6.07, 6.45) is 3.76. The second-order valence-electron chi connectivity index (χ2n) is 9.92. The Morgan fingerprint density at radius 2 is 1.79 bits per heavy atom. The number of rotatable bonds is 4. The van der Waals surface area contributed by atoms with Crippen LogP contribution in [-0.4, -0.2) is 53.8 Å². The summed E-state index contributed by atoms with van der Waals surface area (Å²) >= 11 is 0. The van der Waals surface area contributed by atoms with E-state index in [1.165, 1.54) is 4.90 Å². The molecule has 0 bridgehead atoms. The molecule has 4 aliphatic rings. The van der Waals surface area contributed by atoms with Gasteiger partial charge in [0, 0.05) is 23.4 Å². The first-order valence-electron chi connectivity index (χ1n) is 12.1. The molecule has 3 saturated heterocycles. The molecule has 6 rings (SSSR count). The fourth-order valence-corrected chi connectivity index (χ4v) is 6.26. The molecule has 2 aromatic carbocycles. The number of Topliss-reactive ketones (excluding diaryl/α,β-unsaturated/α-hetero) is 1. The molecule has 0 aliphatic carbocycles. The molecular weight excluding hydrogens is 428 g/mol. The summed E-state index contributed by atoms with van der Waals surface area (Å²) in [6.45, 7) is 5.03. The van der Waals surface area contributed by atoms with Gasteiger partial charge in [-0.25, -0.2) is 0 Å². The van der Waals surface area contributed by atoms with Crippen LogP contribution < -0.4 is 4.90 Å². The number of likely N-dealkylation sites (tertiary alicyclic amines) is 1. The van der Waals surface area contributed by atoms with Crippen LogP contribution in [0.1, 0.15) is 41.3 Å². The minimum Gasteiger partial charge on any atom is -0.376 e. The second kappa shape index (κ2) is 7.91. The molecule has 0 radical (unpaired) electrons. The van der Waals surface area contributed by atoms with Crippen molar-refractivity contribution in [1.82, 2.24) is 4.90 Å². The molecule has 6 nitrogen and oxygen atoms in total. The van der Waals surface area contributed by atoms with Crippen LogP contribution >= 0.6 is 0 Å². The molecular formula is C28H28N2O4. The quantitative estimate of drug-likeness (QED) is 0.519. The highest BCUT2D eigenvalue weighted by atomic mass is 16.5. The second-order valence-corrected chi connectivity index (χ2v) is 9.92. The van der Waals surface area contributed by atoms with Crippen LogP contribution in [0.25, 0.3) is 5.57 Å². The van der Waals surface area contributed by atoms with E-state index in [2.05, 4.69) is 12.1 Å². The summed E-state index contributed by atoms with van der Waals surface area (Å²) in [5.74, 6) is -1.81. The standard InChI is InChI=1S/C28H28N2O4/c1-16-10-11-21-20(13-16)17(2)14-22-23-24(25(30(21)22)26(31)18-7-4-3-5-8-18)28(33)29(27(23)32)15-19-9-6-12-34-19/h3-5,7-8,10-11,13-14,19,22-25H,6,9,12,15H2,1-2H3/t19-,22-,23+,24-,25-/m0/s1. The van der Waals surface area contributed by atoms with Crippen molar-refractivity contribution in [1.29, 1.82) is 0 Å². The molecule has 2 amide bonds. The number of ether oxygens (including phenoxy) is 1. The van der Waals surface area contributed by atoms with Crippen LogP contribution in [0.4, 0.5) is 5.69 Å². The number of aryl methyl sites for hydroxylation is 1. The third kappa shape index (κ3) is 3.08. The topological polar surface area (TPSA) is 66.9 Å². The molecule has 0 saturated carbocycles. The number of ketones is 1. The highest BCUT2D eigenvalue weighted by molar-refractivity contribution is 6.14. The van der Waals surface area contributed by atoms with Crippen molar-refractivity contribution in [2.24, 2.45) is 11.8 Å². The summed E-state index contributed by atoms with van der Waals surface area (Å²) in [4.78, 5) is 44.8. The Bertz CT molecular complexity index is 1210. The molecule has 0 aromatic heterocycles. The summed E-state index contributed by atoms with van der Waals surface area (Å²) in [5.41, 5.74) is 4.74. The third-order valence-electron chi connectivity index (χ3n) is 7.83. The van der Waals surface area contributed by atoms with Crippen LogP contribution in [0.3, 0.4) is 0 Å². The van der Waals surface area contributed by atoms with Gasteiger partial charge in [0.15, 0.2) is 5.78 Å². The maximum Gasteiger partial charge on any atom is 0.235 e. The fraction of sp³-hybridized carbons (Fsp3) is 0.393. The molecule has 4 heterocycles. The van der Waals surface area contributed by atoms with Crippen LogP contribution in [0.5, 0.6) is 0 Å². The maximum absolute atomic E-state index is 13.9. The van der Waals surface area contributed by atoms with Gasteiger partial charge in [-0.2, -0.15) is 0 Å². The average molecular weight is 457 g/mol. The number of anilines is 1. The Labute approximate surface area is 199 Å². The number of fused-ring (bicyclic) bond motifs is 5. The Balaban J connectivity index is 1.46. The Morgan fingerprint density at radius 1 is 1.03 bits per heavy atom. The summed E-state index contributed by atoms with van der Waals surface area (Å²) in [7, 11) is 0. The van der Waals surface area contributed by atoms with Gasteiger partial charge < -0.3 is 9.64 Å². The van der Waals surface area contributed by atoms with Gasteiger partial charge >= 0.3 is 0 Å². The van der Waals surface area contributed by atoms with E-state index in [-0.39, 0.29) is 36.3 Å². The number of imide groups is 1. The van der Waals surface area contributed by atoms with Gasteiger partial charge in [-0.15, -0.1) is 0 Å². The van der Waals surface area contributed by atoms with Gasteiger partial charge in [0.25, 0.3) is 0 Å². The number of carbonyl (C=O) groups is 3. The van der Waals surface area contributed by atoms with E-state index in [0.717, 1.165) is 35.2 Å². The fourth-order valence-electron chi connectivity index (χ4n) is 6.26. The van der Waals surface area contributed by atoms with Crippen molar-refractivity contribution in [3.8, 4) is 0 Å². The lowest BCUT2D eigenvalue weighted by atomic mass is 9.85. The van der Waals surface area contributed by atoms with E-state index in [0.29, 0.717) is 12.2 Å². The van der Waals surface area contributed by atoms with Crippen LogP contribution in [0, 0.1) is 18.8 Å². The molecule has 2 aromatic rings. The van der Waals surface area contributed by atoms with Gasteiger partial charge in [-0.3, -0.25) is 19.3 Å². The van der Waals surface area contributed by atoms with Gasteiger partial charge in [0.1, 0.15) is 6.04 Å². The summed E-state index contributed by atoms with van der Waals surface area (Å²) in [5, 5.41) is 0. The van der Waals surface area contributed by atoms with E-state index in [1.807, 2.05) is 49.1 Å². The number of hydrogen-bond donors (Lipinski definition) is 0. The lowest BCUT2D eigenvalue weighted by Crippen LogP contribution is -2.49. The van der Waals surface area contributed by atoms with E-state index in [1.54, 1.807) is 12.1 Å². The lowest BCUT2D eigenvalue weighted by Gasteiger charge is -2.38. The highest BCUT2D eigenvalue weighted by Gasteiger charge is 2.64. The normalized spacial score (nSPS) is 29.7. The van der Waals surface area contributed by atoms with Crippen LogP contribution in [0.15, 0.2) is 54.6 Å². The first-order chi connectivity index (χ1) is 16.5. The molecule has 3 fully saturated rings. The summed E-state index contributed by atoms with van der Waals surface area (Å²) < 4.78 is 5.72. The largest absolute Gasteiger partial charge is 0.376 e. The monoisotopic (exact) mass is 456 g/mol. The molecule has 0 spiro atoms. The molecule has 0 unspecified atom stereocenters. The number of amides is 2. The Kier molecular flexibility index (Phi) is 4.96. The van der Waals surface area contributed by atoms with Crippen LogP contribution in [-0.2, 0) is 14.3 Å². The average Bonchev–Trinajstić information content (AvgIpc) is 3.53. The predicted octanol–water partition coefficient (Wildman–Crippen LogP) is 3.63. The van der Waals surface area contributed by atoms with E-state index in [4.69, 9.17) is 4.74 Å². The molecule has 34 heavy (non-hydrogen) atoms.